The van der Waals surface area contributed by atoms with Crippen LogP contribution in [0.15, 0.2) is 36.5 Å². The average molecular weight is 468 g/mol. The summed E-state index contributed by atoms with van der Waals surface area (Å²) >= 11 is 0. The Labute approximate surface area is 201 Å². The Kier molecular flexibility index (Phi) is 9.03. The van der Waals surface area contributed by atoms with Gasteiger partial charge in [0, 0.05) is 49.3 Å². The number of nitrogens with zero attached hydrogens (tertiary/aromatic N) is 3. The van der Waals surface area contributed by atoms with E-state index in [1.54, 1.807) is 29.3 Å². The Morgan fingerprint density at radius 2 is 2.15 bits per heavy atom. The zero-order valence-electron chi connectivity index (χ0n) is 20.4. The fourth-order valence-electron chi connectivity index (χ4n) is 3.97. The first-order chi connectivity index (χ1) is 16.3. The molecule has 7 heteroatoms. The van der Waals surface area contributed by atoms with Crippen molar-refractivity contribution in [1.29, 1.82) is 0 Å². The summed E-state index contributed by atoms with van der Waals surface area (Å²) in [7, 11) is 1.92. The van der Waals surface area contributed by atoms with Crippen molar-refractivity contribution in [3.8, 4) is 17.7 Å². The third-order valence-corrected chi connectivity index (χ3v) is 6.02. The third kappa shape index (κ3) is 6.34. The van der Waals surface area contributed by atoms with E-state index >= 15 is 0 Å². The Morgan fingerprint density at radius 1 is 1.38 bits per heavy atom. The molecule has 6 nitrogen and oxygen atoms in total. The Bertz CT molecular complexity index is 1050. The summed E-state index contributed by atoms with van der Waals surface area (Å²) in [4.78, 5) is 21.6. The predicted molar refractivity (Wildman–Crippen MR) is 130 cm³/mol. The minimum Gasteiger partial charge on any atom is -0.472 e. The Balaban J connectivity index is 1.90. The average Bonchev–Trinajstić information content (AvgIpc) is 2.82. The Hall–Kier alpha value is -2.95. The van der Waals surface area contributed by atoms with Gasteiger partial charge in [0.25, 0.3) is 5.91 Å². The molecule has 0 fully saturated rings. The first-order valence-electron chi connectivity index (χ1n) is 11.8. The molecular weight excluding hydrogens is 433 g/mol. The molecule has 1 amide bonds. The van der Waals surface area contributed by atoms with Gasteiger partial charge in [0.15, 0.2) is 0 Å². The van der Waals surface area contributed by atoms with Gasteiger partial charge in [-0.05, 0) is 32.5 Å². The first-order valence-corrected chi connectivity index (χ1v) is 11.8. The fraction of sp³-hybridized carbons (Fsp3) is 0.481. The topological polar surface area (TPSA) is 65.9 Å². The molecule has 3 atom stereocenters. The molecule has 1 aliphatic rings. The number of rotatable bonds is 7. The molecule has 1 aliphatic heterocycles. The van der Waals surface area contributed by atoms with Gasteiger partial charge in [0.05, 0.1) is 12.6 Å². The van der Waals surface area contributed by atoms with Crippen molar-refractivity contribution < 1.29 is 19.0 Å². The molecule has 34 heavy (non-hydrogen) atoms. The van der Waals surface area contributed by atoms with Gasteiger partial charge in [0.2, 0.25) is 5.88 Å². The van der Waals surface area contributed by atoms with Crippen molar-refractivity contribution in [2.45, 2.75) is 52.3 Å². The van der Waals surface area contributed by atoms with Crippen LogP contribution < -0.4 is 4.74 Å². The lowest BCUT2D eigenvalue weighted by atomic mass is 9.99. The lowest BCUT2D eigenvalue weighted by molar-refractivity contribution is 0.0324. The van der Waals surface area contributed by atoms with Crippen molar-refractivity contribution >= 4 is 5.91 Å². The predicted octanol–water partition coefficient (Wildman–Crippen LogP) is 3.72. The van der Waals surface area contributed by atoms with Crippen LogP contribution >= 0.6 is 0 Å². The second kappa shape index (κ2) is 12.0. The maximum Gasteiger partial charge on any atom is 0.259 e. The molecule has 0 aliphatic carbocycles. The van der Waals surface area contributed by atoms with Crippen LogP contribution in [0.3, 0.4) is 0 Å². The molecule has 0 spiro atoms. The van der Waals surface area contributed by atoms with Crippen molar-refractivity contribution in [3.05, 3.63) is 59.0 Å². The second-order valence-electron chi connectivity index (χ2n) is 9.04. The van der Waals surface area contributed by atoms with Gasteiger partial charge in [-0.15, -0.1) is 0 Å². The highest BCUT2D eigenvalue weighted by Gasteiger charge is 2.34. The zero-order valence-corrected chi connectivity index (χ0v) is 20.4. The molecule has 182 valence electrons. The number of hydrogen-bond donors (Lipinski definition) is 1. The highest BCUT2D eigenvalue weighted by molar-refractivity contribution is 5.97. The van der Waals surface area contributed by atoms with E-state index in [4.69, 9.17) is 4.74 Å². The maximum atomic E-state index is 14.1. The third-order valence-electron chi connectivity index (χ3n) is 6.02. The highest BCUT2D eigenvalue weighted by atomic mass is 19.1. The summed E-state index contributed by atoms with van der Waals surface area (Å²) < 4.78 is 20.4. The van der Waals surface area contributed by atoms with Gasteiger partial charge < -0.3 is 14.7 Å². The normalized spacial score (nSPS) is 18.9. The minimum absolute atomic E-state index is 0.0417. The summed E-state index contributed by atoms with van der Waals surface area (Å²) in [6, 6.07) is 8.10. The molecule has 3 rings (SSSR count). The molecule has 0 bridgehead atoms. The van der Waals surface area contributed by atoms with E-state index in [0.29, 0.717) is 36.3 Å². The van der Waals surface area contributed by atoms with E-state index in [1.807, 2.05) is 31.9 Å². The standard InChI is InChI=1S/C27H34FN3O3/c1-5-6-7-10-21-13-23-26(29-14-21)34-25(19(2)15-31(27(23)33)20(3)18-32)17-30(4)16-22-11-8-9-12-24(22)28/h8-9,11-14,19-20,25,32H,5-6,15-18H2,1-4H3/t19-,20+,25-/m1/s1. The van der Waals surface area contributed by atoms with E-state index in [-0.39, 0.29) is 42.3 Å². The van der Waals surface area contributed by atoms with Crippen LogP contribution in [0.2, 0.25) is 0 Å². The number of carbonyl (C=O) groups is 1. The number of aliphatic hydroxyl groups excluding tert-OH is 1. The van der Waals surface area contributed by atoms with E-state index < -0.39 is 0 Å². The van der Waals surface area contributed by atoms with Crippen molar-refractivity contribution in [2.75, 3.05) is 26.7 Å². The van der Waals surface area contributed by atoms with Crippen molar-refractivity contribution in [3.63, 3.8) is 0 Å². The number of halogens is 1. The van der Waals surface area contributed by atoms with Crippen LogP contribution in [-0.2, 0) is 6.54 Å². The number of carbonyl (C=O) groups excluding carboxylic acids is 1. The van der Waals surface area contributed by atoms with Gasteiger partial charge in [-0.3, -0.25) is 9.69 Å². The molecule has 2 heterocycles. The van der Waals surface area contributed by atoms with Gasteiger partial charge in [0.1, 0.15) is 17.5 Å². The number of pyridine rings is 1. The van der Waals surface area contributed by atoms with Gasteiger partial charge in [-0.1, -0.05) is 43.9 Å². The molecule has 0 saturated carbocycles. The van der Waals surface area contributed by atoms with Crippen LogP contribution in [-0.4, -0.2) is 64.7 Å². The quantitative estimate of drug-likeness (QED) is 0.629. The number of fused-ring (bicyclic) bond motifs is 1. The number of aromatic nitrogens is 1. The maximum absolute atomic E-state index is 14.1. The van der Waals surface area contributed by atoms with E-state index in [9.17, 15) is 14.3 Å². The van der Waals surface area contributed by atoms with Crippen LogP contribution in [0.25, 0.3) is 0 Å². The van der Waals surface area contributed by atoms with Crippen LogP contribution in [0.1, 0.15) is 55.1 Å². The van der Waals surface area contributed by atoms with Crippen LogP contribution in [0.5, 0.6) is 5.88 Å². The number of benzene rings is 1. The molecule has 1 aromatic carbocycles. The summed E-state index contributed by atoms with van der Waals surface area (Å²) in [5, 5.41) is 9.79. The lowest BCUT2D eigenvalue weighted by Crippen LogP contribution is -2.49. The number of amides is 1. The molecule has 0 unspecified atom stereocenters. The number of aliphatic hydroxyl groups is 1. The zero-order chi connectivity index (χ0) is 24.7. The smallest absolute Gasteiger partial charge is 0.259 e. The summed E-state index contributed by atoms with van der Waals surface area (Å²) in [5.41, 5.74) is 1.61. The van der Waals surface area contributed by atoms with Crippen LogP contribution in [0, 0.1) is 23.6 Å². The first kappa shape index (κ1) is 25.7. The number of unbranched alkanes of at least 4 members (excludes halogenated alkanes) is 1. The molecule has 1 N–H and O–H groups in total. The molecular formula is C27H34FN3O3. The summed E-state index contributed by atoms with van der Waals surface area (Å²) in [5.74, 6) is 5.90. The van der Waals surface area contributed by atoms with E-state index in [0.717, 1.165) is 12.8 Å². The van der Waals surface area contributed by atoms with Gasteiger partial charge >= 0.3 is 0 Å². The molecule has 2 aromatic rings. The van der Waals surface area contributed by atoms with Crippen LogP contribution in [0.4, 0.5) is 4.39 Å². The molecule has 0 saturated heterocycles. The second-order valence-corrected chi connectivity index (χ2v) is 9.04. The monoisotopic (exact) mass is 467 g/mol. The number of likely N-dealkylation sites (N-methyl/N-ethyl adjacent to an activating group) is 1. The van der Waals surface area contributed by atoms with E-state index in [2.05, 4.69) is 23.7 Å². The molecule has 1 aromatic heterocycles. The minimum atomic E-state index is -0.354. The van der Waals surface area contributed by atoms with Crippen molar-refractivity contribution in [2.24, 2.45) is 5.92 Å². The lowest BCUT2D eigenvalue weighted by Gasteiger charge is -2.37. The molecule has 0 radical (unpaired) electrons. The van der Waals surface area contributed by atoms with Gasteiger partial charge in [-0.2, -0.15) is 0 Å². The fourth-order valence-corrected chi connectivity index (χ4v) is 3.97. The van der Waals surface area contributed by atoms with Crippen molar-refractivity contribution in [1.82, 2.24) is 14.8 Å². The van der Waals surface area contributed by atoms with Gasteiger partial charge in [-0.25, -0.2) is 9.37 Å². The summed E-state index contributed by atoms with van der Waals surface area (Å²) in [6.07, 6.45) is 3.06. The number of hydrogen-bond acceptors (Lipinski definition) is 5. The summed E-state index contributed by atoms with van der Waals surface area (Å²) in [6.45, 7) is 7.13. The largest absolute Gasteiger partial charge is 0.472 e. The van der Waals surface area contributed by atoms with E-state index in [1.165, 1.54) is 6.07 Å². The highest BCUT2D eigenvalue weighted by Crippen LogP contribution is 2.27. The number of ether oxygens (including phenoxy) is 1. The SMILES string of the molecule is CCCC#Cc1cnc2c(c1)C(=O)N([C@@H](C)CO)C[C@@H](C)[C@@H](CN(C)Cc1ccccc1F)O2. The Morgan fingerprint density at radius 3 is 2.85 bits per heavy atom.